The molecule has 1 aliphatic rings. The Morgan fingerprint density at radius 1 is 1.64 bits per heavy atom. The van der Waals surface area contributed by atoms with Crippen molar-refractivity contribution in [2.45, 2.75) is 12.5 Å². The lowest BCUT2D eigenvalue weighted by molar-refractivity contribution is -0.143. The van der Waals surface area contributed by atoms with Crippen LogP contribution in [0.4, 0.5) is 0 Å². The molecule has 76 valence electrons. The molecular formula is C9H10O4S. The number of esters is 1. The first-order valence-electron chi connectivity index (χ1n) is 4.22. The topological polar surface area (TPSA) is 44.8 Å². The summed E-state index contributed by atoms with van der Waals surface area (Å²) in [7, 11) is 1.36. The average Bonchev–Trinajstić information content (AvgIpc) is 2.64. The molecule has 0 fully saturated rings. The first-order valence-corrected chi connectivity index (χ1v) is 5.16. The quantitative estimate of drug-likeness (QED) is 0.699. The maximum absolute atomic E-state index is 11.0. The van der Waals surface area contributed by atoms with E-state index in [0.29, 0.717) is 6.61 Å². The van der Waals surface area contributed by atoms with E-state index in [1.807, 2.05) is 10.8 Å². The lowest BCUT2D eigenvalue weighted by atomic mass is 10.2. The van der Waals surface area contributed by atoms with Crippen LogP contribution in [0.5, 0.6) is 11.5 Å². The number of ether oxygens (including phenoxy) is 3. The second kappa shape index (κ2) is 3.88. The standard InChI is InChI=1S/C9H10O4S/c1-11-9(10)2-6-3-12-7-4-14-5-8(7)13-6/h4-6H,2-3H2,1H3. The van der Waals surface area contributed by atoms with Crippen LogP contribution in [0.25, 0.3) is 0 Å². The molecule has 0 amide bonds. The Hall–Kier alpha value is -1.23. The van der Waals surface area contributed by atoms with Crippen molar-refractivity contribution in [2.24, 2.45) is 0 Å². The molecule has 1 unspecified atom stereocenters. The zero-order valence-corrected chi connectivity index (χ0v) is 8.50. The normalized spacial score (nSPS) is 19.1. The zero-order chi connectivity index (χ0) is 9.97. The summed E-state index contributed by atoms with van der Waals surface area (Å²) in [5, 5.41) is 3.74. The van der Waals surface area contributed by atoms with Crippen molar-refractivity contribution in [3.63, 3.8) is 0 Å². The smallest absolute Gasteiger partial charge is 0.309 e. The van der Waals surface area contributed by atoms with Gasteiger partial charge < -0.3 is 14.2 Å². The zero-order valence-electron chi connectivity index (χ0n) is 7.69. The number of rotatable bonds is 2. The van der Waals surface area contributed by atoms with Gasteiger partial charge in [-0.3, -0.25) is 4.79 Å². The first-order chi connectivity index (χ1) is 6.79. The summed E-state index contributed by atoms with van der Waals surface area (Å²) in [5.74, 6) is 1.20. The third kappa shape index (κ3) is 1.82. The van der Waals surface area contributed by atoms with Crippen LogP contribution in [0.2, 0.25) is 0 Å². The van der Waals surface area contributed by atoms with Gasteiger partial charge in [0, 0.05) is 10.8 Å². The molecule has 2 heterocycles. The average molecular weight is 214 g/mol. The van der Waals surface area contributed by atoms with E-state index in [4.69, 9.17) is 9.47 Å². The second-order valence-electron chi connectivity index (χ2n) is 2.93. The minimum Gasteiger partial charge on any atom is -0.485 e. The second-order valence-corrected chi connectivity index (χ2v) is 3.67. The van der Waals surface area contributed by atoms with Crippen molar-refractivity contribution in [1.29, 1.82) is 0 Å². The van der Waals surface area contributed by atoms with Crippen molar-refractivity contribution in [1.82, 2.24) is 0 Å². The fourth-order valence-electron chi connectivity index (χ4n) is 1.23. The number of carbonyl (C=O) groups excluding carboxylic acids is 1. The Labute approximate surface area is 85.4 Å². The minimum absolute atomic E-state index is 0.228. The number of methoxy groups -OCH3 is 1. The van der Waals surface area contributed by atoms with Crippen LogP contribution in [-0.2, 0) is 9.53 Å². The van der Waals surface area contributed by atoms with Crippen molar-refractivity contribution < 1.29 is 19.0 Å². The maximum Gasteiger partial charge on any atom is 0.309 e. The van der Waals surface area contributed by atoms with E-state index in [1.54, 1.807) is 0 Å². The van der Waals surface area contributed by atoms with Gasteiger partial charge in [-0.2, -0.15) is 0 Å². The van der Waals surface area contributed by atoms with Crippen LogP contribution >= 0.6 is 11.3 Å². The highest BCUT2D eigenvalue weighted by molar-refractivity contribution is 7.08. The Morgan fingerprint density at radius 2 is 2.43 bits per heavy atom. The molecule has 1 aromatic heterocycles. The molecular weight excluding hydrogens is 204 g/mol. The molecule has 1 aromatic rings. The van der Waals surface area contributed by atoms with Crippen LogP contribution in [0.3, 0.4) is 0 Å². The fourth-order valence-corrected chi connectivity index (χ4v) is 1.90. The van der Waals surface area contributed by atoms with E-state index in [2.05, 4.69) is 4.74 Å². The summed E-state index contributed by atoms with van der Waals surface area (Å²) in [6.45, 7) is 0.402. The summed E-state index contributed by atoms with van der Waals surface area (Å²) in [6, 6.07) is 0. The summed E-state index contributed by atoms with van der Waals surface area (Å²) in [6.07, 6.45) is -0.00394. The third-order valence-electron chi connectivity index (χ3n) is 1.93. The van der Waals surface area contributed by atoms with Crippen LogP contribution in [0.1, 0.15) is 6.42 Å². The minimum atomic E-state index is -0.280. The Balaban J connectivity index is 1.97. The molecule has 0 N–H and O–H groups in total. The van der Waals surface area contributed by atoms with Gasteiger partial charge in [-0.25, -0.2) is 0 Å². The van der Waals surface area contributed by atoms with E-state index in [9.17, 15) is 4.79 Å². The summed E-state index contributed by atoms with van der Waals surface area (Å²) >= 11 is 1.52. The molecule has 0 aromatic carbocycles. The van der Waals surface area contributed by atoms with Crippen LogP contribution in [-0.4, -0.2) is 25.8 Å². The molecule has 2 rings (SSSR count). The number of carbonyl (C=O) groups is 1. The molecule has 0 saturated heterocycles. The highest BCUT2D eigenvalue weighted by atomic mass is 32.1. The summed E-state index contributed by atoms with van der Waals surface area (Å²) < 4.78 is 15.5. The van der Waals surface area contributed by atoms with E-state index in [0.717, 1.165) is 11.5 Å². The van der Waals surface area contributed by atoms with Crippen molar-refractivity contribution in [3.8, 4) is 11.5 Å². The molecule has 1 aliphatic heterocycles. The van der Waals surface area contributed by atoms with Crippen molar-refractivity contribution in [2.75, 3.05) is 13.7 Å². The van der Waals surface area contributed by atoms with Gasteiger partial charge in [0.05, 0.1) is 13.5 Å². The van der Waals surface area contributed by atoms with E-state index < -0.39 is 0 Å². The van der Waals surface area contributed by atoms with E-state index in [-0.39, 0.29) is 18.5 Å². The largest absolute Gasteiger partial charge is 0.485 e. The molecule has 0 radical (unpaired) electrons. The molecule has 0 spiro atoms. The van der Waals surface area contributed by atoms with E-state index >= 15 is 0 Å². The lowest BCUT2D eigenvalue weighted by Gasteiger charge is -2.23. The monoisotopic (exact) mass is 214 g/mol. The Kier molecular flexibility index (Phi) is 2.58. The highest BCUT2D eigenvalue weighted by Crippen LogP contribution is 2.35. The SMILES string of the molecule is COC(=O)CC1COc2cscc2O1. The number of hydrogen-bond acceptors (Lipinski definition) is 5. The maximum atomic E-state index is 11.0. The lowest BCUT2D eigenvalue weighted by Crippen LogP contribution is -2.31. The number of thiophene rings is 1. The van der Waals surface area contributed by atoms with Crippen molar-refractivity contribution in [3.05, 3.63) is 10.8 Å². The first kappa shape index (κ1) is 9.33. The van der Waals surface area contributed by atoms with Gasteiger partial charge in [-0.05, 0) is 0 Å². The van der Waals surface area contributed by atoms with Gasteiger partial charge in [-0.1, -0.05) is 0 Å². The van der Waals surface area contributed by atoms with Gasteiger partial charge >= 0.3 is 5.97 Å². The summed E-state index contributed by atoms with van der Waals surface area (Å²) in [4.78, 5) is 11.0. The molecule has 5 heteroatoms. The Bertz CT molecular complexity index is 333. The van der Waals surface area contributed by atoms with Crippen LogP contribution in [0, 0.1) is 0 Å². The fraction of sp³-hybridized carbons (Fsp3) is 0.444. The number of hydrogen-bond donors (Lipinski definition) is 0. The molecule has 14 heavy (non-hydrogen) atoms. The molecule has 0 bridgehead atoms. The van der Waals surface area contributed by atoms with Gasteiger partial charge in [0.25, 0.3) is 0 Å². The van der Waals surface area contributed by atoms with Gasteiger partial charge in [0.2, 0.25) is 0 Å². The van der Waals surface area contributed by atoms with Crippen molar-refractivity contribution >= 4 is 17.3 Å². The Morgan fingerprint density at radius 3 is 3.21 bits per heavy atom. The predicted molar refractivity (Wildman–Crippen MR) is 50.9 cm³/mol. The van der Waals surface area contributed by atoms with Crippen LogP contribution < -0.4 is 9.47 Å². The molecule has 0 saturated carbocycles. The third-order valence-corrected chi connectivity index (χ3v) is 2.63. The predicted octanol–water partition coefficient (Wildman–Crippen LogP) is 1.45. The molecule has 1 atom stereocenters. The molecule has 4 nitrogen and oxygen atoms in total. The van der Waals surface area contributed by atoms with E-state index in [1.165, 1.54) is 18.4 Å². The van der Waals surface area contributed by atoms with Gasteiger partial charge in [0.15, 0.2) is 11.5 Å². The van der Waals surface area contributed by atoms with Gasteiger partial charge in [-0.15, -0.1) is 11.3 Å². The van der Waals surface area contributed by atoms with Crippen LogP contribution in [0.15, 0.2) is 10.8 Å². The molecule has 0 aliphatic carbocycles. The highest BCUT2D eigenvalue weighted by Gasteiger charge is 2.24. The number of fused-ring (bicyclic) bond motifs is 1. The summed E-state index contributed by atoms with van der Waals surface area (Å²) in [5.41, 5.74) is 0. The van der Waals surface area contributed by atoms with Gasteiger partial charge in [0.1, 0.15) is 12.7 Å².